The first-order valence-electron chi connectivity index (χ1n) is 9.84. The summed E-state index contributed by atoms with van der Waals surface area (Å²) in [5, 5.41) is 8.18. The van der Waals surface area contributed by atoms with E-state index in [4.69, 9.17) is 10.1 Å². The summed E-state index contributed by atoms with van der Waals surface area (Å²) in [6.45, 7) is 6.38. The van der Waals surface area contributed by atoms with E-state index in [-0.39, 0.29) is 24.0 Å². The maximum Gasteiger partial charge on any atom is 0.270 e. The Morgan fingerprint density at radius 3 is 2.79 bits per heavy atom. The third kappa shape index (κ3) is 2.78. The molecule has 150 valence electrons. The largest absolute Gasteiger partial charge is 0.469 e. The summed E-state index contributed by atoms with van der Waals surface area (Å²) in [6, 6.07) is 5.48. The highest BCUT2D eigenvalue weighted by Crippen LogP contribution is 2.41. The van der Waals surface area contributed by atoms with Crippen LogP contribution < -0.4 is 15.1 Å². The minimum Gasteiger partial charge on any atom is -0.469 e. The number of allylic oxidation sites excluding steroid dienone is 1. The van der Waals surface area contributed by atoms with Crippen molar-refractivity contribution < 1.29 is 14.3 Å². The highest BCUT2D eigenvalue weighted by molar-refractivity contribution is 5.95. The number of hydrogen-bond acceptors (Lipinski definition) is 5. The number of hydrogen-bond donors (Lipinski definition) is 2. The number of anilines is 2. The number of amides is 1. The zero-order valence-electron chi connectivity index (χ0n) is 16.3. The Bertz CT molecular complexity index is 1100. The summed E-state index contributed by atoms with van der Waals surface area (Å²) in [5.41, 5.74) is 1.66. The minimum absolute atomic E-state index is 0.0225. The molecule has 8 nitrogen and oxygen atoms in total. The number of carbonyl (C=O) groups is 2. The SMILES string of the molecule is C=C(C)C(=O)n1ccc(N2COc3cc(C(=O)N4C[C@@H]5CCC4C5)[nH]c32)cc1=N. The molecule has 2 N–H and O–H groups in total. The number of fused-ring (bicyclic) bond motifs is 3. The molecule has 4 heterocycles. The second-order valence-corrected chi connectivity index (χ2v) is 8.11. The predicted octanol–water partition coefficient (Wildman–Crippen LogP) is 2.62. The summed E-state index contributed by atoms with van der Waals surface area (Å²) in [5.74, 6) is 1.67. The van der Waals surface area contributed by atoms with E-state index >= 15 is 0 Å². The van der Waals surface area contributed by atoms with Crippen molar-refractivity contribution in [2.75, 3.05) is 18.2 Å². The summed E-state index contributed by atoms with van der Waals surface area (Å²) in [6.07, 6.45) is 5.00. The van der Waals surface area contributed by atoms with Gasteiger partial charge in [0.15, 0.2) is 18.3 Å². The Labute approximate surface area is 167 Å². The van der Waals surface area contributed by atoms with E-state index in [0.717, 1.165) is 19.4 Å². The summed E-state index contributed by atoms with van der Waals surface area (Å²) < 4.78 is 7.00. The van der Waals surface area contributed by atoms with E-state index < -0.39 is 0 Å². The van der Waals surface area contributed by atoms with E-state index in [1.165, 1.54) is 11.0 Å². The Kier molecular flexibility index (Phi) is 3.90. The van der Waals surface area contributed by atoms with Crippen molar-refractivity contribution in [1.29, 1.82) is 5.41 Å². The Morgan fingerprint density at radius 1 is 1.31 bits per heavy atom. The number of pyridine rings is 1. The van der Waals surface area contributed by atoms with Gasteiger partial charge in [-0.3, -0.25) is 24.5 Å². The van der Waals surface area contributed by atoms with Gasteiger partial charge in [0, 0.05) is 36.5 Å². The van der Waals surface area contributed by atoms with Crippen molar-refractivity contribution in [2.24, 2.45) is 5.92 Å². The van der Waals surface area contributed by atoms with Crippen LogP contribution in [0.1, 0.15) is 41.5 Å². The van der Waals surface area contributed by atoms with Gasteiger partial charge in [-0.1, -0.05) is 6.58 Å². The van der Waals surface area contributed by atoms with Gasteiger partial charge < -0.3 is 14.6 Å². The first-order chi connectivity index (χ1) is 13.9. The molecule has 2 fully saturated rings. The van der Waals surface area contributed by atoms with E-state index in [0.29, 0.717) is 40.5 Å². The normalized spacial score (nSPS) is 22.0. The molecule has 2 aliphatic heterocycles. The first kappa shape index (κ1) is 17.8. The van der Waals surface area contributed by atoms with Crippen molar-refractivity contribution in [3.8, 4) is 5.75 Å². The van der Waals surface area contributed by atoms with Crippen LogP contribution in [-0.4, -0.2) is 45.6 Å². The fourth-order valence-electron chi connectivity index (χ4n) is 4.62. The molecule has 2 aromatic heterocycles. The lowest BCUT2D eigenvalue weighted by molar-refractivity contribution is 0.0698. The summed E-state index contributed by atoms with van der Waals surface area (Å²) in [4.78, 5) is 32.1. The lowest BCUT2D eigenvalue weighted by atomic mass is 10.1. The number of carbonyl (C=O) groups excluding carboxylic acids is 2. The van der Waals surface area contributed by atoms with Gasteiger partial charge in [0.05, 0.1) is 5.69 Å². The van der Waals surface area contributed by atoms with Gasteiger partial charge >= 0.3 is 0 Å². The van der Waals surface area contributed by atoms with Crippen LogP contribution in [0.25, 0.3) is 0 Å². The molecular formula is C21H23N5O3. The standard InChI is InChI=1S/C21H23N5O3/c1-12(2)20(27)24-6-5-15(8-18(24)22)26-11-29-17-9-16(23-19(17)26)21(28)25-10-13-3-4-14(25)7-13/h5-6,8-9,13-14,22-23H,1,3-4,7,10-11H2,2H3/t13-,14?/m1/s1. The van der Waals surface area contributed by atoms with Crippen LogP contribution in [0.15, 0.2) is 36.5 Å². The number of aromatic nitrogens is 2. The topological polar surface area (TPSA) is 94.4 Å². The molecule has 0 spiro atoms. The molecule has 29 heavy (non-hydrogen) atoms. The number of nitrogens with zero attached hydrogens (tertiary/aromatic N) is 3. The molecule has 1 aliphatic carbocycles. The molecule has 2 aromatic rings. The number of H-pyrrole nitrogens is 1. The van der Waals surface area contributed by atoms with Gasteiger partial charge in [0.1, 0.15) is 11.2 Å². The molecule has 1 unspecified atom stereocenters. The van der Waals surface area contributed by atoms with Crippen molar-refractivity contribution in [1.82, 2.24) is 14.5 Å². The van der Waals surface area contributed by atoms with E-state index in [1.54, 1.807) is 31.3 Å². The number of piperidine rings is 1. The molecule has 0 radical (unpaired) electrons. The molecule has 1 amide bonds. The number of nitrogens with one attached hydrogen (secondary N) is 2. The van der Waals surface area contributed by atoms with Crippen LogP contribution in [0.2, 0.25) is 0 Å². The number of ether oxygens (including phenoxy) is 1. The van der Waals surface area contributed by atoms with Crippen molar-refractivity contribution in [3.63, 3.8) is 0 Å². The minimum atomic E-state index is -0.312. The molecule has 8 heteroatoms. The average Bonchev–Trinajstić information content (AvgIpc) is 3.46. The quantitative estimate of drug-likeness (QED) is 0.784. The Morgan fingerprint density at radius 2 is 2.14 bits per heavy atom. The monoisotopic (exact) mass is 393 g/mol. The molecular weight excluding hydrogens is 370 g/mol. The van der Waals surface area contributed by atoms with Gasteiger partial charge in [0.2, 0.25) is 0 Å². The maximum atomic E-state index is 13.0. The highest BCUT2D eigenvalue weighted by atomic mass is 16.5. The summed E-state index contributed by atoms with van der Waals surface area (Å²) >= 11 is 0. The second kappa shape index (κ2) is 6.37. The first-order valence-corrected chi connectivity index (χ1v) is 9.84. The lowest BCUT2D eigenvalue weighted by Crippen LogP contribution is -2.37. The highest BCUT2D eigenvalue weighted by Gasteiger charge is 2.41. The van der Waals surface area contributed by atoms with E-state index in [2.05, 4.69) is 11.6 Å². The van der Waals surface area contributed by atoms with Crippen LogP contribution >= 0.6 is 0 Å². The third-order valence-electron chi connectivity index (χ3n) is 6.12. The van der Waals surface area contributed by atoms with Gasteiger partial charge in [-0.2, -0.15) is 0 Å². The zero-order chi connectivity index (χ0) is 20.3. The van der Waals surface area contributed by atoms with Crippen LogP contribution in [0.4, 0.5) is 11.5 Å². The van der Waals surface area contributed by atoms with Crippen LogP contribution in [-0.2, 0) is 0 Å². The van der Waals surface area contributed by atoms with E-state index in [1.807, 2.05) is 9.80 Å². The summed E-state index contributed by atoms with van der Waals surface area (Å²) in [7, 11) is 0. The molecule has 1 saturated heterocycles. The smallest absolute Gasteiger partial charge is 0.270 e. The Hall–Kier alpha value is -3.29. The number of likely N-dealkylation sites (tertiary alicyclic amines) is 1. The van der Waals surface area contributed by atoms with Crippen molar-refractivity contribution >= 4 is 23.3 Å². The van der Waals surface area contributed by atoms with Crippen LogP contribution in [0, 0.1) is 11.3 Å². The maximum absolute atomic E-state index is 13.0. The van der Waals surface area contributed by atoms with Gasteiger partial charge in [-0.25, -0.2) is 0 Å². The third-order valence-corrected chi connectivity index (χ3v) is 6.12. The number of rotatable bonds is 3. The van der Waals surface area contributed by atoms with E-state index in [9.17, 15) is 9.59 Å². The van der Waals surface area contributed by atoms with Gasteiger partial charge in [-0.05, 0) is 38.2 Å². The average molecular weight is 393 g/mol. The lowest BCUT2D eigenvalue weighted by Gasteiger charge is -2.26. The van der Waals surface area contributed by atoms with Gasteiger partial charge in [-0.15, -0.1) is 0 Å². The molecule has 0 aromatic carbocycles. The van der Waals surface area contributed by atoms with Gasteiger partial charge in [0.25, 0.3) is 11.8 Å². The number of aromatic amines is 1. The van der Waals surface area contributed by atoms with Crippen molar-refractivity contribution in [3.05, 3.63) is 47.7 Å². The fraction of sp³-hybridized carbons (Fsp3) is 0.381. The molecule has 2 atom stereocenters. The molecule has 1 saturated carbocycles. The molecule has 2 bridgehead atoms. The predicted molar refractivity (Wildman–Crippen MR) is 106 cm³/mol. The molecule has 5 rings (SSSR count). The van der Waals surface area contributed by atoms with Crippen LogP contribution in [0.5, 0.6) is 5.75 Å². The second-order valence-electron chi connectivity index (χ2n) is 8.11. The Balaban J connectivity index is 1.41. The van der Waals surface area contributed by atoms with Crippen molar-refractivity contribution in [2.45, 2.75) is 32.2 Å². The zero-order valence-corrected chi connectivity index (χ0v) is 16.3. The molecule has 3 aliphatic rings. The van der Waals surface area contributed by atoms with Crippen LogP contribution in [0.3, 0.4) is 0 Å². The fourth-order valence-corrected chi connectivity index (χ4v) is 4.62.